The number of nitrogens with zero attached hydrogens (tertiary/aromatic N) is 1. The smallest absolute Gasteiger partial charge is 0.399 e. The molecule has 8 nitrogen and oxygen atoms in total. The van der Waals surface area contributed by atoms with Crippen LogP contribution in [0.2, 0.25) is 0 Å². The zero-order valence-electron chi connectivity index (χ0n) is 7.28. The Bertz CT molecular complexity index is 448. The van der Waals surface area contributed by atoms with Gasteiger partial charge in [-0.3, -0.25) is 10.1 Å². The van der Waals surface area contributed by atoms with Gasteiger partial charge in [0, 0.05) is 17.8 Å². The van der Waals surface area contributed by atoms with Crippen LogP contribution in [0.1, 0.15) is 0 Å². The lowest BCUT2D eigenvalue weighted by atomic mass is 10.3. The first-order chi connectivity index (χ1) is 6.88. The van der Waals surface area contributed by atoms with Crippen molar-refractivity contribution < 1.29 is 18.0 Å². The van der Waals surface area contributed by atoms with Crippen molar-refractivity contribution in [1.29, 1.82) is 0 Å². The Hall–Kier alpha value is -1.55. The normalized spacial score (nSPS) is 14.5. The Kier molecular flexibility index (Phi) is 3.00. The number of nitro benzene ring substituents is 1. The van der Waals surface area contributed by atoms with Crippen LogP contribution in [0.15, 0.2) is 23.1 Å². The largest absolute Gasteiger partial charge is 0.454 e. The Morgan fingerprint density at radius 1 is 1.47 bits per heavy atom. The zero-order chi connectivity index (χ0) is 11.6. The minimum Gasteiger partial charge on any atom is -0.399 e. The number of anilines is 1. The molecule has 0 spiro atoms. The number of nitrogens with two attached hydrogens (primary N) is 2. The van der Waals surface area contributed by atoms with E-state index in [1.54, 1.807) is 0 Å². The second-order valence-electron chi connectivity index (χ2n) is 2.53. The molecule has 0 heterocycles. The van der Waals surface area contributed by atoms with E-state index in [1.807, 2.05) is 0 Å². The molecule has 1 atom stereocenters. The number of benzene rings is 1. The first-order valence-corrected chi connectivity index (χ1v) is 4.96. The molecule has 4 N–H and O–H groups in total. The van der Waals surface area contributed by atoms with Gasteiger partial charge in [-0.05, 0) is 14.6 Å². The average molecular weight is 233 g/mol. The highest BCUT2D eigenvalue weighted by atomic mass is 32.3. The van der Waals surface area contributed by atoms with E-state index in [9.17, 15) is 18.9 Å². The van der Waals surface area contributed by atoms with E-state index >= 15 is 0 Å². The first-order valence-electron chi connectivity index (χ1n) is 3.56. The Morgan fingerprint density at radius 2 is 2.07 bits per heavy atom. The van der Waals surface area contributed by atoms with Crippen molar-refractivity contribution in [3.05, 3.63) is 28.3 Å². The SMILES string of the molecule is NO[S+]([O])(=O)c1cc(N)ccc1[N+](=O)[O-]. The second kappa shape index (κ2) is 3.90. The van der Waals surface area contributed by atoms with Gasteiger partial charge >= 0.3 is 21.1 Å². The van der Waals surface area contributed by atoms with Crippen LogP contribution in [0.3, 0.4) is 0 Å². The average Bonchev–Trinajstić information content (AvgIpc) is 2.17. The lowest BCUT2D eigenvalue weighted by Gasteiger charge is -1.99. The van der Waals surface area contributed by atoms with E-state index in [0.717, 1.165) is 12.1 Å². The fraction of sp³-hybridized carbons (Fsp3) is 0. The lowest BCUT2D eigenvalue weighted by molar-refractivity contribution is -0.388. The quantitative estimate of drug-likeness (QED) is 0.330. The fourth-order valence-electron chi connectivity index (χ4n) is 0.934. The summed E-state index contributed by atoms with van der Waals surface area (Å²) < 4.78 is 26.0. The number of nitrogen functional groups attached to an aromatic ring is 1. The molecule has 1 aromatic carbocycles. The number of hydrogen-bond acceptors (Lipinski definition) is 6. The van der Waals surface area contributed by atoms with Crippen LogP contribution in [0, 0.1) is 10.1 Å². The summed E-state index contributed by atoms with van der Waals surface area (Å²) in [5.74, 6) is 4.51. The third-order valence-electron chi connectivity index (χ3n) is 1.58. The summed E-state index contributed by atoms with van der Waals surface area (Å²) in [5, 5.41) is 10.5. The predicted octanol–water partition coefficient (Wildman–Crippen LogP) is 0.186. The van der Waals surface area contributed by atoms with E-state index < -0.39 is 26.0 Å². The monoisotopic (exact) mass is 233 g/mol. The maximum absolute atomic E-state index is 11.2. The van der Waals surface area contributed by atoms with Crippen LogP contribution in [0.4, 0.5) is 11.4 Å². The Balaban J connectivity index is 3.44. The van der Waals surface area contributed by atoms with Gasteiger partial charge in [0.15, 0.2) is 0 Å². The Morgan fingerprint density at radius 3 is 2.53 bits per heavy atom. The zero-order valence-corrected chi connectivity index (χ0v) is 8.10. The second-order valence-corrected chi connectivity index (χ2v) is 4.08. The molecule has 1 aromatic rings. The van der Waals surface area contributed by atoms with Crippen LogP contribution >= 0.6 is 0 Å². The van der Waals surface area contributed by atoms with Gasteiger partial charge in [0.05, 0.1) is 9.48 Å². The topological polar surface area (TPSA) is 141 Å². The van der Waals surface area contributed by atoms with Gasteiger partial charge in [0.25, 0.3) is 0 Å². The summed E-state index contributed by atoms with van der Waals surface area (Å²) >= 11 is 0. The highest BCUT2D eigenvalue weighted by Gasteiger charge is 2.42. The van der Waals surface area contributed by atoms with Crippen molar-refractivity contribution >= 4 is 21.9 Å². The van der Waals surface area contributed by atoms with Crippen molar-refractivity contribution in [1.82, 2.24) is 0 Å². The molecule has 0 bridgehead atoms. The number of nitro groups is 1. The van der Waals surface area contributed by atoms with Crippen LogP contribution in [-0.2, 0) is 23.5 Å². The molecular formula is C6H7N3O5S+. The molecule has 0 saturated carbocycles. The molecule has 1 rings (SSSR count). The maximum Gasteiger partial charge on any atom is 0.454 e. The summed E-state index contributed by atoms with van der Waals surface area (Å²) in [6.45, 7) is 0. The van der Waals surface area contributed by atoms with E-state index in [4.69, 9.17) is 5.73 Å². The lowest BCUT2D eigenvalue weighted by Crippen LogP contribution is -2.18. The molecule has 15 heavy (non-hydrogen) atoms. The van der Waals surface area contributed by atoms with Crippen LogP contribution < -0.4 is 11.6 Å². The third-order valence-corrected chi connectivity index (χ3v) is 2.70. The molecule has 1 radical (unpaired) electrons. The molecule has 9 heteroatoms. The molecule has 1 unspecified atom stereocenters. The van der Waals surface area contributed by atoms with E-state index in [1.165, 1.54) is 6.07 Å². The summed E-state index contributed by atoms with van der Waals surface area (Å²) in [4.78, 5) is 8.96. The van der Waals surface area contributed by atoms with Gasteiger partial charge in [-0.15, -0.1) is 0 Å². The van der Waals surface area contributed by atoms with E-state index in [-0.39, 0.29) is 5.69 Å². The minimum atomic E-state index is -4.34. The molecule has 0 aliphatic rings. The van der Waals surface area contributed by atoms with Gasteiger partial charge in [0.2, 0.25) is 0 Å². The van der Waals surface area contributed by atoms with Gasteiger partial charge in [-0.25, -0.2) is 0 Å². The number of rotatable bonds is 3. The first kappa shape index (κ1) is 11.5. The molecule has 0 saturated heterocycles. The highest BCUT2D eigenvalue weighted by molar-refractivity contribution is 7.93. The van der Waals surface area contributed by atoms with Crippen LogP contribution in [-0.4, -0.2) is 4.92 Å². The van der Waals surface area contributed by atoms with Crippen LogP contribution in [0.25, 0.3) is 0 Å². The molecular weight excluding hydrogens is 226 g/mol. The summed E-state index contributed by atoms with van der Waals surface area (Å²) in [7, 11) is -4.34. The van der Waals surface area contributed by atoms with Crippen molar-refractivity contribution in [2.75, 3.05) is 5.73 Å². The van der Waals surface area contributed by atoms with Crippen molar-refractivity contribution in [2.24, 2.45) is 5.90 Å². The molecule has 0 amide bonds. The fourth-order valence-corrected chi connectivity index (χ4v) is 1.72. The third kappa shape index (κ3) is 2.27. The summed E-state index contributed by atoms with van der Waals surface area (Å²) in [5.41, 5.74) is 4.70. The number of hydrogen-bond donors (Lipinski definition) is 2. The standard InChI is InChI=1S/C6H7N3O5S/c7-4-1-2-5(9(10)11)6(3-4)15(12,13)14-8/h1-3H,7-8H2/q+1. The van der Waals surface area contributed by atoms with Gasteiger partial charge in [-0.1, -0.05) is 0 Å². The molecule has 0 aromatic heterocycles. The van der Waals surface area contributed by atoms with Gasteiger partial charge in [-0.2, -0.15) is 5.90 Å². The van der Waals surface area contributed by atoms with Gasteiger partial charge in [0.1, 0.15) is 0 Å². The summed E-state index contributed by atoms with van der Waals surface area (Å²) in [6, 6.07) is 3.06. The molecule has 81 valence electrons. The Labute approximate surface area is 85.4 Å². The van der Waals surface area contributed by atoms with E-state index in [2.05, 4.69) is 10.2 Å². The van der Waals surface area contributed by atoms with Crippen LogP contribution in [0.5, 0.6) is 0 Å². The molecule has 0 aliphatic carbocycles. The molecule has 0 fully saturated rings. The maximum atomic E-state index is 11.2. The van der Waals surface area contributed by atoms with E-state index in [0.29, 0.717) is 0 Å². The summed E-state index contributed by atoms with van der Waals surface area (Å²) in [6.07, 6.45) is 0. The van der Waals surface area contributed by atoms with Crippen molar-refractivity contribution in [2.45, 2.75) is 4.90 Å². The predicted molar refractivity (Wildman–Crippen MR) is 49.8 cm³/mol. The molecule has 0 aliphatic heterocycles. The van der Waals surface area contributed by atoms with Crippen molar-refractivity contribution in [3.8, 4) is 0 Å². The van der Waals surface area contributed by atoms with Gasteiger partial charge < -0.3 is 5.73 Å². The minimum absolute atomic E-state index is 0.0521. The highest BCUT2D eigenvalue weighted by Crippen LogP contribution is 2.29. The van der Waals surface area contributed by atoms with Crippen molar-refractivity contribution in [3.63, 3.8) is 0 Å².